The normalized spacial score (nSPS) is 12.1. The summed E-state index contributed by atoms with van der Waals surface area (Å²) in [4.78, 5) is 22.4. The molecule has 0 atom stereocenters. The number of fused-ring (bicyclic) bond motifs is 1. The maximum atomic E-state index is 11.4. The third-order valence-electron chi connectivity index (χ3n) is 3.29. The fourth-order valence-corrected chi connectivity index (χ4v) is 3.05. The molecule has 3 rings (SSSR count). The number of pyridine rings is 1. The molecule has 120 valence electrons. The molecule has 3 N–H and O–H groups in total. The first kappa shape index (κ1) is 16.4. The SMILES string of the molecule is C=C(C(N)=CC=Nc1ccc(Br)cn1)c1ccc2[nH]c(=O)sc2c1. The zero-order valence-corrected chi connectivity index (χ0v) is 14.9. The smallest absolute Gasteiger partial charge is 0.305 e. The zero-order valence-electron chi connectivity index (χ0n) is 12.5. The van der Waals surface area contributed by atoms with Crippen molar-refractivity contribution in [3.63, 3.8) is 0 Å². The minimum absolute atomic E-state index is 0.0783. The molecule has 2 heterocycles. The maximum absolute atomic E-state index is 11.4. The van der Waals surface area contributed by atoms with E-state index in [9.17, 15) is 4.79 Å². The van der Waals surface area contributed by atoms with E-state index in [0.717, 1.165) is 31.6 Å². The van der Waals surface area contributed by atoms with E-state index in [-0.39, 0.29) is 4.87 Å². The van der Waals surface area contributed by atoms with Gasteiger partial charge < -0.3 is 10.7 Å². The summed E-state index contributed by atoms with van der Waals surface area (Å²) in [5.41, 5.74) is 8.91. The van der Waals surface area contributed by atoms with Crippen molar-refractivity contribution in [2.45, 2.75) is 0 Å². The Morgan fingerprint density at radius 3 is 2.96 bits per heavy atom. The number of aromatic amines is 1. The highest BCUT2D eigenvalue weighted by Gasteiger charge is 2.05. The lowest BCUT2D eigenvalue weighted by atomic mass is 10.0. The second-order valence-electron chi connectivity index (χ2n) is 4.94. The van der Waals surface area contributed by atoms with Gasteiger partial charge in [-0.25, -0.2) is 9.98 Å². The second kappa shape index (κ2) is 6.94. The van der Waals surface area contributed by atoms with Gasteiger partial charge in [-0.05, 0) is 57.4 Å². The van der Waals surface area contributed by atoms with Gasteiger partial charge in [-0.2, -0.15) is 0 Å². The molecule has 0 aliphatic rings. The highest BCUT2D eigenvalue weighted by molar-refractivity contribution is 9.10. The van der Waals surface area contributed by atoms with Gasteiger partial charge in [0.05, 0.1) is 10.2 Å². The Hall–Kier alpha value is -2.51. The predicted molar refractivity (Wildman–Crippen MR) is 104 cm³/mol. The van der Waals surface area contributed by atoms with Gasteiger partial charge in [-0.1, -0.05) is 24.0 Å². The topological polar surface area (TPSA) is 84.1 Å². The lowest BCUT2D eigenvalue weighted by Crippen LogP contribution is -2.00. The van der Waals surface area contributed by atoms with Crippen molar-refractivity contribution in [1.82, 2.24) is 9.97 Å². The van der Waals surface area contributed by atoms with Gasteiger partial charge >= 0.3 is 4.87 Å². The van der Waals surface area contributed by atoms with Crippen LogP contribution in [0.2, 0.25) is 0 Å². The van der Waals surface area contributed by atoms with Crippen LogP contribution in [0, 0.1) is 0 Å². The summed E-state index contributed by atoms with van der Waals surface area (Å²) in [7, 11) is 0. The van der Waals surface area contributed by atoms with Crippen LogP contribution in [0.4, 0.5) is 5.82 Å². The van der Waals surface area contributed by atoms with Crippen LogP contribution in [0.1, 0.15) is 5.56 Å². The van der Waals surface area contributed by atoms with Gasteiger partial charge in [0.1, 0.15) is 0 Å². The lowest BCUT2D eigenvalue weighted by molar-refractivity contribution is 1.27. The van der Waals surface area contributed by atoms with Gasteiger partial charge in [0.25, 0.3) is 0 Å². The van der Waals surface area contributed by atoms with E-state index in [0.29, 0.717) is 17.1 Å². The van der Waals surface area contributed by atoms with Crippen LogP contribution >= 0.6 is 27.3 Å². The van der Waals surface area contributed by atoms with Crippen molar-refractivity contribution in [1.29, 1.82) is 0 Å². The molecule has 24 heavy (non-hydrogen) atoms. The molecular formula is C17H13BrN4OS. The van der Waals surface area contributed by atoms with Gasteiger partial charge in [-0.15, -0.1) is 0 Å². The first-order valence-electron chi connectivity index (χ1n) is 6.97. The number of halogens is 1. The molecular weight excluding hydrogens is 388 g/mol. The molecule has 0 bridgehead atoms. The number of hydrogen-bond acceptors (Lipinski definition) is 5. The van der Waals surface area contributed by atoms with Crippen molar-refractivity contribution in [3.05, 3.63) is 74.6 Å². The monoisotopic (exact) mass is 400 g/mol. The summed E-state index contributed by atoms with van der Waals surface area (Å²) in [6.07, 6.45) is 4.94. The number of rotatable bonds is 4. The number of allylic oxidation sites excluding steroid dienone is 2. The maximum Gasteiger partial charge on any atom is 0.305 e. The van der Waals surface area contributed by atoms with Gasteiger partial charge in [0.2, 0.25) is 0 Å². The zero-order chi connectivity index (χ0) is 17.1. The summed E-state index contributed by atoms with van der Waals surface area (Å²) >= 11 is 4.48. The Labute approximate surface area is 150 Å². The van der Waals surface area contributed by atoms with E-state index in [1.54, 1.807) is 24.6 Å². The number of nitrogens with zero attached hydrogens (tertiary/aromatic N) is 2. The Morgan fingerprint density at radius 1 is 1.38 bits per heavy atom. The molecule has 0 saturated carbocycles. The molecule has 3 aromatic rings. The van der Waals surface area contributed by atoms with Crippen molar-refractivity contribution in [3.8, 4) is 0 Å². The van der Waals surface area contributed by atoms with E-state index >= 15 is 0 Å². The van der Waals surface area contributed by atoms with Gasteiger partial charge in [-0.3, -0.25) is 4.79 Å². The minimum Gasteiger partial charge on any atom is -0.398 e. The fraction of sp³-hybridized carbons (Fsp3) is 0. The summed E-state index contributed by atoms with van der Waals surface area (Å²) in [6.45, 7) is 4.02. The fourth-order valence-electron chi connectivity index (χ4n) is 2.04. The molecule has 0 saturated heterocycles. The van der Waals surface area contributed by atoms with Crippen molar-refractivity contribution < 1.29 is 0 Å². The van der Waals surface area contributed by atoms with Crippen LogP contribution in [0.15, 0.2) is 69.1 Å². The van der Waals surface area contributed by atoms with Crippen LogP contribution in [0.5, 0.6) is 0 Å². The standard InChI is InChI=1S/C17H13BrN4OS/c1-10(11-2-4-14-15(8-11)24-17(23)22-14)13(19)6-7-20-16-5-3-12(18)9-21-16/h2-9H,1,19H2,(H,22,23). The van der Waals surface area contributed by atoms with Gasteiger partial charge in [0.15, 0.2) is 5.82 Å². The van der Waals surface area contributed by atoms with E-state index in [1.807, 2.05) is 24.3 Å². The van der Waals surface area contributed by atoms with Crippen LogP contribution in [-0.2, 0) is 0 Å². The Kier molecular flexibility index (Phi) is 4.73. The van der Waals surface area contributed by atoms with E-state index in [2.05, 4.69) is 37.5 Å². The number of nitrogens with one attached hydrogen (secondary N) is 1. The number of hydrogen-bond donors (Lipinski definition) is 2. The molecule has 0 spiro atoms. The molecule has 0 aliphatic carbocycles. The number of thiazole rings is 1. The van der Waals surface area contributed by atoms with Crippen LogP contribution < -0.4 is 10.6 Å². The van der Waals surface area contributed by atoms with Crippen molar-refractivity contribution >= 4 is 55.1 Å². The molecule has 7 heteroatoms. The molecule has 1 aromatic carbocycles. The van der Waals surface area contributed by atoms with Crippen LogP contribution in [0.3, 0.4) is 0 Å². The average molecular weight is 401 g/mol. The average Bonchev–Trinajstić information content (AvgIpc) is 2.95. The molecule has 0 radical (unpaired) electrons. The Morgan fingerprint density at radius 2 is 2.21 bits per heavy atom. The minimum atomic E-state index is -0.0783. The number of aliphatic imine (C=N–C) groups is 1. The van der Waals surface area contributed by atoms with Crippen LogP contribution in [0.25, 0.3) is 15.8 Å². The molecule has 2 aromatic heterocycles. The third kappa shape index (κ3) is 3.69. The summed E-state index contributed by atoms with van der Waals surface area (Å²) < 4.78 is 1.77. The van der Waals surface area contributed by atoms with E-state index in [4.69, 9.17) is 5.73 Å². The number of aromatic nitrogens is 2. The van der Waals surface area contributed by atoms with Gasteiger partial charge in [0, 0.05) is 22.6 Å². The molecule has 0 fully saturated rings. The van der Waals surface area contributed by atoms with E-state index in [1.165, 1.54) is 0 Å². The molecule has 0 amide bonds. The first-order chi connectivity index (χ1) is 11.5. The Balaban J connectivity index is 1.79. The summed E-state index contributed by atoms with van der Waals surface area (Å²) in [5.74, 6) is 0.589. The molecule has 0 unspecified atom stereocenters. The van der Waals surface area contributed by atoms with Crippen LogP contribution in [-0.4, -0.2) is 16.2 Å². The number of H-pyrrole nitrogens is 1. The van der Waals surface area contributed by atoms with E-state index < -0.39 is 0 Å². The molecule has 0 aliphatic heterocycles. The quantitative estimate of drug-likeness (QED) is 0.512. The molecule has 5 nitrogen and oxygen atoms in total. The summed E-state index contributed by atoms with van der Waals surface area (Å²) in [6, 6.07) is 9.28. The third-order valence-corrected chi connectivity index (χ3v) is 4.60. The highest BCUT2D eigenvalue weighted by atomic mass is 79.9. The first-order valence-corrected chi connectivity index (χ1v) is 8.58. The highest BCUT2D eigenvalue weighted by Crippen LogP contribution is 2.23. The second-order valence-corrected chi connectivity index (χ2v) is 6.87. The Bertz CT molecular complexity index is 1010. The lowest BCUT2D eigenvalue weighted by Gasteiger charge is -2.05. The number of nitrogens with two attached hydrogens (primary N) is 1. The number of benzene rings is 1. The summed E-state index contributed by atoms with van der Waals surface area (Å²) in [5, 5.41) is 0. The largest absolute Gasteiger partial charge is 0.398 e. The van der Waals surface area contributed by atoms with Crippen molar-refractivity contribution in [2.24, 2.45) is 10.7 Å². The predicted octanol–water partition coefficient (Wildman–Crippen LogP) is 4.01. The van der Waals surface area contributed by atoms with Crippen molar-refractivity contribution in [2.75, 3.05) is 0 Å².